The van der Waals surface area contributed by atoms with Gasteiger partial charge in [0.1, 0.15) is 0 Å². The van der Waals surface area contributed by atoms with E-state index in [-0.39, 0.29) is 0 Å². The summed E-state index contributed by atoms with van der Waals surface area (Å²) in [7, 11) is 0. The molecule has 5 nitrogen and oxygen atoms in total. The summed E-state index contributed by atoms with van der Waals surface area (Å²) in [5.41, 5.74) is -0.912. The van der Waals surface area contributed by atoms with Gasteiger partial charge in [0.25, 0.3) is 5.70 Å². The summed E-state index contributed by atoms with van der Waals surface area (Å²) >= 11 is 0. The maximum atomic E-state index is 9.65. The van der Waals surface area contributed by atoms with E-state index in [1.807, 2.05) is 5.18 Å². The van der Waals surface area contributed by atoms with E-state index in [4.69, 9.17) is 10.5 Å². The van der Waals surface area contributed by atoms with E-state index in [1.165, 1.54) is 5.87 Å². The van der Waals surface area contributed by atoms with Crippen LogP contribution in [0.4, 0.5) is 0 Å². The van der Waals surface area contributed by atoms with Gasteiger partial charge in [0.2, 0.25) is 0 Å². The Bertz CT molecular complexity index is 167. The second kappa shape index (κ2) is 2.65. The molecule has 0 saturated carbocycles. The monoisotopic (exact) mass is 114 g/mol. The number of nitrogens with one attached hydrogen (secondary N) is 1. The van der Waals surface area contributed by atoms with Crippen molar-refractivity contribution in [1.82, 2.24) is 0 Å². The summed E-state index contributed by atoms with van der Waals surface area (Å²) in [4.78, 5) is 19.0. The lowest BCUT2D eigenvalue weighted by Gasteiger charge is -1.76. The Morgan fingerprint density at radius 3 is 2.25 bits per heavy atom. The van der Waals surface area contributed by atoms with Gasteiger partial charge >= 0.3 is 5.97 Å². The first-order valence-corrected chi connectivity index (χ1v) is 1.58. The van der Waals surface area contributed by atoms with Gasteiger partial charge in [0.05, 0.1) is 0 Å². The molecule has 0 fully saturated rings. The Hall–Kier alpha value is -1.48. The van der Waals surface area contributed by atoms with E-state index in [9.17, 15) is 9.70 Å². The Kier molecular flexibility index (Phi) is 2.16. The Labute approximate surface area is 44.1 Å². The van der Waals surface area contributed by atoms with Crippen LogP contribution in [0.2, 0.25) is 0 Å². The molecular formula is C3H2N2O3. The summed E-state index contributed by atoms with van der Waals surface area (Å²) in [6.45, 7) is 0. The molecule has 0 aliphatic rings. The number of carboxylic acids is 1. The summed E-state index contributed by atoms with van der Waals surface area (Å²) in [6, 6.07) is 0. The fourth-order valence-electron chi connectivity index (χ4n) is 0.115. The summed E-state index contributed by atoms with van der Waals surface area (Å²) in [5.74, 6) is -0.193. The van der Waals surface area contributed by atoms with E-state index in [0.717, 1.165) is 0 Å². The van der Waals surface area contributed by atoms with Gasteiger partial charge in [-0.2, -0.15) is 0 Å². The van der Waals surface area contributed by atoms with Crippen LogP contribution >= 0.6 is 0 Å². The van der Waals surface area contributed by atoms with Gasteiger partial charge in [0.15, 0.2) is 0 Å². The molecule has 0 atom stereocenters. The second-order valence-corrected chi connectivity index (χ2v) is 0.870. The zero-order valence-electron chi connectivity index (χ0n) is 3.71. The fraction of sp³-hybridized carbons (Fsp3) is 0. The number of rotatable bonds is 2. The van der Waals surface area contributed by atoms with Crippen LogP contribution < -0.4 is 0 Å². The third-order valence-corrected chi connectivity index (χ3v) is 0.412. The van der Waals surface area contributed by atoms with Crippen LogP contribution in [0.3, 0.4) is 0 Å². The van der Waals surface area contributed by atoms with E-state index >= 15 is 0 Å². The van der Waals surface area contributed by atoms with Crippen LogP contribution in [0.5, 0.6) is 0 Å². The molecule has 2 N–H and O–H groups in total. The van der Waals surface area contributed by atoms with Crippen molar-refractivity contribution in [3.8, 4) is 0 Å². The molecule has 42 valence electrons. The minimum absolute atomic E-state index is 0.912. The first-order chi connectivity index (χ1) is 3.72. The number of nitrogens with zero attached hydrogens (tertiary/aromatic N) is 1. The van der Waals surface area contributed by atoms with Gasteiger partial charge in [-0.1, -0.05) is 0 Å². The molecule has 8 heavy (non-hydrogen) atoms. The first kappa shape index (κ1) is 6.52. The SMILES string of the molecule is N=C=C(N=O)C(=O)O. The predicted molar refractivity (Wildman–Crippen MR) is 24.7 cm³/mol. The Morgan fingerprint density at radius 2 is 2.25 bits per heavy atom. The lowest BCUT2D eigenvalue weighted by Crippen LogP contribution is -1.96. The minimum atomic E-state index is -1.53. The van der Waals surface area contributed by atoms with Crippen LogP contribution in [0.1, 0.15) is 0 Å². The van der Waals surface area contributed by atoms with Gasteiger partial charge in [-0.15, -0.1) is 4.91 Å². The third kappa shape index (κ3) is 1.32. The van der Waals surface area contributed by atoms with Gasteiger partial charge in [-0.3, -0.25) is 5.41 Å². The lowest BCUT2D eigenvalue weighted by molar-refractivity contribution is -0.132. The Morgan fingerprint density at radius 1 is 1.75 bits per heavy atom. The molecule has 0 heterocycles. The lowest BCUT2D eigenvalue weighted by atomic mass is 10.5. The highest BCUT2D eigenvalue weighted by molar-refractivity contribution is 5.95. The van der Waals surface area contributed by atoms with Crippen molar-refractivity contribution in [2.75, 3.05) is 0 Å². The maximum absolute atomic E-state index is 9.65. The van der Waals surface area contributed by atoms with E-state index in [1.54, 1.807) is 0 Å². The average molecular weight is 114 g/mol. The smallest absolute Gasteiger partial charge is 0.367 e. The molecule has 5 heteroatoms. The van der Waals surface area contributed by atoms with E-state index < -0.39 is 11.7 Å². The number of hydrogen-bond donors (Lipinski definition) is 2. The normalized spacial score (nSPS) is 7.00. The van der Waals surface area contributed by atoms with Crippen LogP contribution in [0, 0.1) is 10.3 Å². The van der Waals surface area contributed by atoms with Crippen molar-refractivity contribution in [2.24, 2.45) is 5.18 Å². The Balaban J connectivity index is 4.37. The number of aliphatic carboxylic acids is 1. The highest BCUT2D eigenvalue weighted by atomic mass is 16.4. The first-order valence-electron chi connectivity index (χ1n) is 1.58. The van der Waals surface area contributed by atoms with E-state index in [0.29, 0.717) is 0 Å². The zero-order valence-corrected chi connectivity index (χ0v) is 3.71. The average Bonchev–Trinajstić information content (AvgIpc) is 1.69. The quantitative estimate of drug-likeness (QED) is 0.300. The summed E-state index contributed by atoms with van der Waals surface area (Å²) in [5, 5.41) is 16.0. The van der Waals surface area contributed by atoms with Crippen LogP contribution in [-0.4, -0.2) is 16.9 Å². The number of carbonyl (C=O) groups is 1. The molecule has 0 bridgehead atoms. The molecule has 0 aromatic heterocycles. The van der Waals surface area contributed by atoms with Gasteiger partial charge < -0.3 is 5.11 Å². The standard InChI is InChI=1S/C3H2N2O3/c4-1-2(5-8)3(6)7/h4H,(H,6,7). The highest BCUT2D eigenvalue weighted by Gasteiger charge is 2.04. The predicted octanol–water partition coefficient (Wildman–Crippen LogP) is -0.0302. The summed E-state index contributed by atoms with van der Waals surface area (Å²) in [6.07, 6.45) is 0. The molecule has 0 aliphatic carbocycles. The largest absolute Gasteiger partial charge is 0.476 e. The topological polar surface area (TPSA) is 90.6 Å². The molecule has 0 unspecified atom stereocenters. The van der Waals surface area contributed by atoms with Crippen LogP contribution in [0.15, 0.2) is 10.9 Å². The fourth-order valence-corrected chi connectivity index (χ4v) is 0.115. The molecular weight excluding hydrogens is 112 g/mol. The number of carboxylic acid groups (broad SMARTS) is 1. The van der Waals surface area contributed by atoms with Crippen LogP contribution in [0.25, 0.3) is 0 Å². The number of hydrogen-bond acceptors (Lipinski definition) is 4. The molecule has 0 amide bonds. The molecule has 0 saturated heterocycles. The van der Waals surface area contributed by atoms with E-state index in [2.05, 4.69) is 0 Å². The molecule has 0 aromatic rings. The minimum Gasteiger partial charge on any atom is -0.476 e. The van der Waals surface area contributed by atoms with Gasteiger partial charge in [-0.05, 0) is 5.18 Å². The van der Waals surface area contributed by atoms with Crippen molar-refractivity contribution in [1.29, 1.82) is 5.41 Å². The van der Waals surface area contributed by atoms with Crippen molar-refractivity contribution < 1.29 is 9.90 Å². The molecule has 0 radical (unpaired) electrons. The molecule has 0 rings (SSSR count). The van der Waals surface area contributed by atoms with Crippen molar-refractivity contribution >= 4 is 11.8 Å². The van der Waals surface area contributed by atoms with Crippen molar-refractivity contribution in [2.45, 2.75) is 0 Å². The van der Waals surface area contributed by atoms with Crippen molar-refractivity contribution in [3.05, 3.63) is 10.6 Å². The van der Waals surface area contributed by atoms with Gasteiger partial charge in [-0.25, -0.2) is 4.79 Å². The summed E-state index contributed by atoms with van der Waals surface area (Å²) < 4.78 is 0. The molecule has 0 spiro atoms. The highest BCUT2D eigenvalue weighted by Crippen LogP contribution is 1.85. The third-order valence-electron chi connectivity index (χ3n) is 0.412. The van der Waals surface area contributed by atoms with Crippen LogP contribution in [-0.2, 0) is 4.79 Å². The van der Waals surface area contributed by atoms with Crippen molar-refractivity contribution in [3.63, 3.8) is 0 Å². The van der Waals surface area contributed by atoms with Gasteiger partial charge in [0, 0.05) is 5.87 Å². The number of nitroso groups, excluding NO2 is 1. The second-order valence-electron chi connectivity index (χ2n) is 0.870. The maximum Gasteiger partial charge on any atom is 0.367 e. The molecule has 0 aliphatic heterocycles. The molecule has 0 aromatic carbocycles. The zero-order chi connectivity index (χ0) is 6.57.